The zero-order chi connectivity index (χ0) is 24.3. The summed E-state index contributed by atoms with van der Waals surface area (Å²) in [6, 6.07) is 21.7. The Morgan fingerprint density at radius 2 is 1.65 bits per heavy atom. The van der Waals surface area contributed by atoms with Gasteiger partial charge in [0.25, 0.3) is 11.8 Å². The second-order valence-corrected chi connectivity index (χ2v) is 7.01. The maximum Gasteiger partial charge on any atom is 0.266 e. The molecule has 172 valence electrons. The van der Waals surface area contributed by atoms with Crippen molar-refractivity contribution in [1.29, 1.82) is 5.26 Å². The SMILES string of the molecule is CCOc1cc(/C=C(\C#N)C(=O)Nc2ccc(O)cc2)ccc1OCC(=O)Nc1ccccc1. The number of phenolic OH excluding ortho intramolecular Hbond substituents is 1. The zero-order valence-corrected chi connectivity index (χ0v) is 18.4. The second-order valence-electron chi connectivity index (χ2n) is 7.01. The average Bonchev–Trinajstić information content (AvgIpc) is 2.84. The number of hydrogen-bond acceptors (Lipinski definition) is 6. The molecule has 0 bridgehead atoms. The summed E-state index contributed by atoms with van der Waals surface area (Å²) in [5.74, 6) is -0.119. The van der Waals surface area contributed by atoms with Gasteiger partial charge in [-0.25, -0.2) is 0 Å². The Morgan fingerprint density at radius 3 is 2.32 bits per heavy atom. The summed E-state index contributed by atoms with van der Waals surface area (Å²) in [5.41, 5.74) is 1.53. The fraction of sp³-hybridized carbons (Fsp3) is 0.115. The summed E-state index contributed by atoms with van der Waals surface area (Å²) in [4.78, 5) is 24.6. The standard InChI is InChI=1S/C26H23N3O5/c1-2-33-24-15-18(14-19(16-27)26(32)29-21-9-11-22(30)12-10-21)8-13-23(24)34-17-25(31)28-20-6-4-3-5-7-20/h3-15,30H,2,17H2,1H3,(H,28,31)(H,29,32)/b19-14+. The van der Waals surface area contributed by atoms with E-state index >= 15 is 0 Å². The lowest BCUT2D eigenvalue weighted by Gasteiger charge is -2.13. The maximum atomic E-state index is 12.5. The van der Waals surface area contributed by atoms with Crippen LogP contribution in [0, 0.1) is 11.3 Å². The third-order valence-electron chi connectivity index (χ3n) is 4.49. The van der Waals surface area contributed by atoms with E-state index in [1.54, 1.807) is 37.3 Å². The lowest BCUT2D eigenvalue weighted by molar-refractivity contribution is -0.118. The number of hydrogen-bond donors (Lipinski definition) is 3. The highest BCUT2D eigenvalue weighted by Gasteiger charge is 2.13. The van der Waals surface area contributed by atoms with Crippen molar-refractivity contribution in [2.75, 3.05) is 23.8 Å². The molecule has 0 heterocycles. The molecule has 0 aliphatic carbocycles. The summed E-state index contributed by atoms with van der Waals surface area (Å²) in [6.07, 6.45) is 1.42. The van der Waals surface area contributed by atoms with Crippen LogP contribution in [0.3, 0.4) is 0 Å². The summed E-state index contributed by atoms with van der Waals surface area (Å²) >= 11 is 0. The van der Waals surface area contributed by atoms with Crippen molar-refractivity contribution in [3.63, 3.8) is 0 Å². The third kappa shape index (κ3) is 6.87. The van der Waals surface area contributed by atoms with E-state index in [9.17, 15) is 20.0 Å². The predicted octanol–water partition coefficient (Wildman–Crippen LogP) is 4.35. The van der Waals surface area contributed by atoms with Gasteiger partial charge in [0.1, 0.15) is 17.4 Å². The number of carbonyl (C=O) groups excluding carboxylic acids is 2. The molecule has 2 amide bonds. The van der Waals surface area contributed by atoms with Crippen molar-refractivity contribution in [2.45, 2.75) is 6.92 Å². The van der Waals surface area contributed by atoms with Gasteiger partial charge in [0.15, 0.2) is 18.1 Å². The van der Waals surface area contributed by atoms with Crippen molar-refractivity contribution in [3.8, 4) is 23.3 Å². The maximum absolute atomic E-state index is 12.5. The first-order chi connectivity index (χ1) is 16.5. The van der Waals surface area contributed by atoms with E-state index in [2.05, 4.69) is 10.6 Å². The molecular weight excluding hydrogens is 434 g/mol. The van der Waals surface area contributed by atoms with Crippen molar-refractivity contribution in [3.05, 3.63) is 83.9 Å². The molecule has 0 atom stereocenters. The van der Waals surface area contributed by atoms with Crippen molar-refractivity contribution < 1.29 is 24.2 Å². The summed E-state index contributed by atoms with van der Waals surface area (Å²) in [6.45, 7) is 1.94. The van der Waals surface area contributed by atoms with E-state index in [-0.39, 0.29) is 23.8 Å². The second kappa shape index (κ2) is 11.7. The fourth-order valence-corrected chi connectivity index (χ4v) is 2.92. The molecule has 0 aliphatic rings. The van der Waals surface area contributed by atoms with Gasteiger partial charge in [0, 0.05) is 11.4 Å². The first kappa shape index (κ1) is 23.9. The Bertz CT molecular complexity index is 1220. The molecular formula is C26H23N3O5. The quantitative estimate of drug-likeness (QED) is 0.250. The molecule has 0 radical (unpaired) electrons. The van der Waals surface area contributed by atoms with Gasteiger partial charge in [-0.1, -0.05) is 24.3 Å². The highest BCUT2D eigenvalue weighted by molar-refractivity contribution is 6.09. The van der Waals surface area contributed by atoms with Crippen LogP contribution < -0.4 is 20.1 Å². The van der Waals surface area contributed by atoms with Gasteiger partial charge < -0.3 is 25.2 Å². The summed E-state index contributed by atoms with van der Waals surface area (Å²) < 4.78 is 11.2. The van der Waals surface area contributed by atoms with Crippen LogP contribution >= 0.6 is 0 Å². The number of amides is 2. The van der Waals surface area contributed by atoms with E-state index in [4.69, 9.17) is 9.47 Å². The minimum absolute atomic E-state index is 0.0670. The summed E-state index contributed by atoms with van der Waals surface area (Å²) in [7, 11) is 0. The largest absolute Gasteiger partial charge is 0.508 e. The average molecular weight is 457 g/mol. The lowest BCUT2D eigenvalue weighted by atomic mass is 10.1. The number of para-hydroxylation sites is 1. The molecule has 0 aromatic heterocycles. The number of benzene rings is 3. The fourth-order valence-electron chi connectivity index (χ4n) is 2.92. The Hall–Kier alpha value is -4.77. The van der Waals surface area contributed by atoms with Crippen LogP contribution in [0.15, 0.2) is 78.4 Å². The molecule has 0 unspecified atom stereocenters. The Labute approximate surface area is 197 Å². The number of nitrogens with one attached hydrogen (secondary N) is 2. The predicted molar refractivity (Wildman–Crippen MR) is 129 cm³/mol. The molecule has 34 heavy (non-hydrogen) atoms. The third-order valence-corrected chi connectivity index (χ3v) is 4.49. The van der Waals surface area contributed by atoms with Gasteiger partial charge in [-0.05, 0) is 67.1 Å². The molecule has 8 nitrogen and oxygen atoms in total. The van der Waals surface area contributed by atoms with Crippen molar-refractivity contribution in [2.24, 2.45) is 0 Å². The highest BCUT2D eigenvalue weighted by Crippen LogP contribution is 2.29. The Kier molecular flexibility index (Phi) is 8.25. The minimum Gasteiger partial charge on any atom is -0.508 e. The molecule has 0 spiro atoms. The number of nitrogens with zero attached hydrogens (tertiary/aromatic N) is 1. The molecule has 3 aromatic carbocycles. The van der Waals surface area contributed by atoms with E-state index < -0.39 is 5.91 Å². The first-order valence-electron chi connectivity index (χ1n) is 10.4. The molecule has 3 N–H and O–H groups in total. The number of carbonyl (C=O) groups is 2. The highest BCUT2D eigenvalue weighted by atomic mass is 16.5. The van der Waals surface area contributed by atoms with Gasteiger partial charge in [-0.2, -0.15) is 5.26 Å². The lowest BCUT2D eigenvalue weighted by Crippen LogP contribution is -2.20. The van der Waals surface area contributed by atoms with Crippen LogP contribution in [0.2, 0.25) is 0 Å². The van der Waals surface area contributed by atoms with Crippen LogP contribution in [-0.4, -0.2) is 30.1 Å². The van der Waals surface area contributed by atoms with Crippen LogP contribution in [0.25, 0.3) is 6.08 Å². The number of nitriles is 1. The monoisotopic (exact) mass is 457 g/mol. The first-order valence-corrected chi connectivity index (χ1v) is 10.4. The van der Waals surface area contributed by atoms with E-state index in [1.807, 2.05) is 24.3 Å². The van der Waals surface area contributed by atoms with E-state index in [1.165, 1.54) is 30.3 Å². The smallest absolute Gasteiger partial charge is 0.266 e. The van der Waals surface area contributed by atoms with Gasteiger partial charge in [-0.15, -0.1) is 0 Å². The summed E-state index contributed by atoms with van der Waals surface area (Å²) in [5, 5.41) is 24.1. The van der Waals surface area contributed by atoms with Gasteiger partial charge in [0.2, 0.25) is 0 Å². The van der Waals surface area contributed by atoms with E-state index in [0.29, 0.717) is 35.0 Å². The molecule has 0 saturated carbocycles. The molecule has 3 rings (SSSR count). The van der Waals surface area contributed by atoms with Crippen LogP contribution in [-0.2, 0) is 9.59 Å². The van der Waals surface area contributed by atoms with Gasteiger partial charge in [0.05, 0.1) is 6.61 Å². The molecule has 3 aromatic rings. The topological polar surface area (TPSA) is 121 Å². The molecule has 0 saturated heterocycles. The molecule has 8 heteroatoms. The number of aromatic hydroxyl groups is 1. The van der Waals surface area contributed by atoms with Crippen molar-refractivity contribution >= 4 is 29.3 Å². The van der Waals surface area contributed by atoms with Gasteiger partial charge >= 0.3 is 0 Å². The number of anilines is 2. The minimum atomic E-state index is -0.593. The molecule has 0 fully saturated rings. The number of phenols is 1. The van der Waals surface area contributed by atoms with E-state index in [0.717, 1.165) is 0 Å². The zero-order valence-electron chi connectivity index (χ0n) is 18.4. The molecule has 0 aliphatic heterocycles. The van der Waals surface area contributed by atoms with Crippen molar-refractivity contribution in [1.82, 2.24) is 0 Å². The normalized spacial score (nSPS) is 10.6. The Balaban J connectivity index is 1.70. The van der Waals surface area contributed by atoms with Crippen LogP contribution in [0.4, 0.5) is 11.4 Å². The van der Waals surface area contributed by atoms with Crippen LogP contribution in [0.5, 0.6) is 17.2 Å². The number of ether oxygens (including phenoxy) is 2. The Morgan fingerprint density at radius 1 is 0.941 bits per heavy atom. The number of rotatable bonds is 9. The van der Waals surface area contributed by atoms with Crippen LogP contribution in [0.1, 0.15) is 12.5 Å². The van der Waals surface area contributed by atoms with Gasteiger partial charge in [-0.3, -0.25) is 9.59 Å².